The van der Waals surface area contributed by atoms with Crippen LogP contribution in [0, 0.1) is 0 Å². The monoisotopic (exact) mass is 233 g/mol. The van der Waals surface area contributed by atoms with Gasteiger partial charge in [-0.15, -0.1) is 11.3 Å². The summed E-state index contributed by atoms with van der Waals surface area (Å²) in [6, 6.07) is 4.16. The van der Waals surface area contributed by atoms with Crippen LogP contribution >= 0.6 is 11.3 Å². The summed E-state index contributed by atoms with van der Waals surface area (Å²) in [6.07, 6.45) is 3.89. The van der Waals surface area contributed by atoms with Crippen LogP contribution in [0.2, 0.25) is 0 Å². The van der Waals surface area contributed by atoms with E-state index in [0.29, 0.717) is 12.5 Å². The zero-order valence-electron chi connectivity index (χ0n) is 9.07. The van der Waals surface area contributed by atoms with Crippen LogP contribution in [0.3, 0.4) is 0 Å². The minimum atomic E-state index is 0.579. The SMILES string of the molecule is NCc1c(-c2cccs2)n[nH]c1C1CCC1. The molecule has 3 nitrogen and oxygen atoms in total. The summed E-state index contributed by atoms with van der Waals surface area (Å²) in [7, 11) is 0. The molecule has 0 saturated heterocycles. The van der Waals surface area contributed by atoms with Crippen molar-refractivity contribution in [3.8, 4) is 10.6 Å². The van der Waals surface area contributed by atoms with Crippen molar-refractivity contribution in [3.05, 3.63) is 28.8 Å². The Labute approximate surface area is 98.7 Å². The van der Waals surface area contributed by atoms with Crippen molar-refractivity contribution in [2.45, 2.75) is 31.7 Å². The molecule has 1 saturated carbocycles. The number of nitrogens with one attached hydrogen (secondary N) is 1. The fourth-order valence-electron chi connectivity index (χ4n) is 2.24. The first-order valence-electron chi connectivity index (χ1n) is 5.71. The number of hydrogen-bond acceptors (Lipinski definition) is 3. The normalized spacial score (nSPS) is 16.3. The zero-order chi connectivity index (χ0) is 11.0. The van der Waals surface area contributed by atoms with E-state index < -0.39 is 0 Å². The van der Waals surface area contributed by atoms with Gasteiger partial charge in [-0.3, -0.25) is 5.10 Å². The third kappa shape index (κ3) is 1.49. The second-order valence-corrected chi connectivity index (χ2v) is 5.22. The van der Waals surface area contributed by atoms with Crippen LogP contribution in [0.5, 0.6) is 0 Å². The minimum absolute atomic E-state index is 0.579. The van der Waals surface area contributed by atoms with Crippen LogP contribution in [0.4, 0.5) is 0 Å². The molecule has 0 unspecified atom stereocenters. The molecule has 0 aliphatic heterocycles. The Morgan fingerprint density at radius 3 is 2.94 bits per heavy atom. The van der Waals surface area contributed by atoms with Gasteiger partial charge in [0.1, 0.15) is 5.69 Å². The van der Waals surface area contributed by atoms with Gasteiger partial charge in [0.05, 0.1) is 4.88 Å². The van der Waals surface area contributed by atoms with Gasteiger partial charge in [0.25, 0.3) is 0 Å². The molecule has 3 rings (SSSR count). The fourth-order valence-corrected chi connectivity index (χ4v) is 2.98. The van der Waals surface area contributed by atoms with Crippen LogP contribution in [0.25, 0.3) is 10.6 Å². The zero-order valence-corrected chi connectivity index (χ0v) is 9.89. The summed E-state index contributed by atoms with van der Waals surface area (Å²) >= 11 is 1.72. The average Bonchev–Trinajstić information content (AvgIpc) is 2.81. The number of H-pyrrole nitrogens is 1. The van der Waals surface area contributed by atoms with Crippen molar-refractivity contribution in [3.63, 3.8) is 0 Å². The van der Waals surface area contributed by atoms with Gasteiger partial charge < -0.3 is 5.73 Å². The molecule has 0 bridgehead atoms. The van der Waals surface area contributed by atoms with Crippen molar-refractivity contribution in [1.82, 2.24) is 10.2 Å². The number of nitrogens with zero attached hydrogens (tertiary/aromatic N) is 1. The van der Waals surface area contributed by atoms with Gasteiger partial charge in [0.15, 0.2) is 0 Å². The summed E-state index contributed by atoms with van der Waals surface area (Å²) < 4.78 is 0. The Morgan fingerprint density at radius 2 is 2.38 bits per heavy atom. The molecule has 84 valence electrons. The first-order valence-corrected chi connectivity index (χ1v) is 6.59. The van der Waals surface area contributed by atoms with E-state index >= 15 is 0 Å². The fraction of sp³-hybridized carbons (Fsp3) is 0.417. The maximum absolute atomic E-state index is 5.86. The predicted octanol–water partition coefficient (Wildman–Crippen LogP) is 2.86. The molecule has 0 aromatic carbocycles. The topological polar surface area (TPSA) is 54.7 Å². The Hall–Kier alpha value is -1.13. The Bertz CT molecular complexity index is 468. The van der Waals surface area contributed by atoms with Gasteiger partial charge in [0.2, 0.25) is 0 Å². The lowest BCUT2D eigenvalue weighted by Gasteiger charge is -2.25. The molecule has 0 atom stereocenters. The molecule has 0 amide bonds. The van der Waals surface area contributed by atoms with Crippen molar-refractivity contribution < 1.29 is 0 Å². The van der Waals surface area contributed by atoms with E-state index in [1.54, 1.807) is 11.3 Å². The number of rotatable bonds is 3. The van der Waals surface area contributed by atoms with E-state index in [0.717, 1.165) is 5.69 Å². The van der Waals surface area contributed by atoms with Crippen LogP contribution < -0.4 is 5.73 Å². The van der Waals surface area contributed by atoms with Crippen molar-refractivity contribution in [2.24, 2.45) is 5.73 Å². The van der Waals surface area contributed by atoms with Gasteiger partial charge in [-0.2, -0.15) is 5.10 Å². The molecule has 0 radical (unpaired) electrons. The summed E-state index contributed by atoms with van der Waals surface area (Å²) in [4.78, 5) is 1.21. The van der Waals surface area contributed by atoms with Gasteiger partial charge in [-0.1, -0.05) is 12.5 Å². The first kappa shape index (κ1) is 10.1. The standard InChI is InChI=1S/C12H15N3S/c13-7-9-11(8-3-1-4-8)14-15-12(9)10-5-2-6-16-10/h2,5-6,8H,1,3-4,7,13H2,(H,14,15). The second kappa shape index (κ2) is 4.03. The Kier molecular flexibility index (Phi) is 2.53. The van der Waals surface area contributed by atoms with Crippen LogP contribution in [0.15, 0.2) is 17.5 Å². The van der Waals surface area contributed by atoms with Gasteiger partial charge >= 0.3 is 0 Å². The van der Waals surface area contributed by atoms with E-state index in [2.05, 4.69) is 27.7 Å². The number of aromatic amines is 1. The third-order valence-electron chi connectivity index (χ3n) is 3.37. The lowest BCUT2D eigenvalue weighted by atomic mass is 9.81. The maximum Gasteiger partial charge on any atom is 0.107 e. The molecule has 1 aliphatic carbocycles. The van der Waals surface area contributed by atoms with E-state index in [4.69, 9.17) is 5.73 Å². The molecule has 3 N–H and O–H groups in total. The average molecular weight is 233 g/mol. The first-order chi connectivity index (χ1) is 7.90. The molecule has 1 aliphatic rings. The largest absolute Gasteiger partial charge is 0.326 e. The van der Waals surface area contributed by atoms with Crippen LogP contribution in [-0.4, -0.2) is 10.2 Å². The Balaban J connectivity index is 2.02. The highest BCUT2D eigenvalue weighted by Gasteiger charge is 2.26. The number of hydrogen-bond donors (Lipinski definition) is 2. The molecule has 2 aromatic heterocycles. The van der Waals surface area contributed by atoms with Gasteiger partial charge in [-0.05, 0) is 24.3 Å². The summed E-state index contributed by atoms with van der Waals surface area (Å²) in [5.41, 5.74) is 9.41. The summed E-state index contributed by atoms with van der Waals surface area (Å²) in [6.45, 7) is 0.579. The van der Waals surface area contributed by atoms with Crippen molar-refractivity contribution in [2.75, 3.05) is 0 Å². The van der Waals surface area contributed by atoms with Crippen molar-refractivity contribution in [1.29, 1.82) is 0 Å². The van der Waals surface area contributed by atoms with Crippen LogP contribution in [-0.2, 0) is 6.54 Å². The summed E-state index contributed by atoms with van der Waals surface area (Å²) in [5, 5.41) is 9.71. The molecule has 16 heavy (non-hydrogen) atoms. The highest BCUT2D eigenvalue weighted by molar-refractivity contribution is 7.13. The molecule has 0 spiro atoms. The smallest absolute Gasteiger partial charge is 0.107 e. The molecule has 2 aromatic rings. The lowest BCUT2D eigenvalue weighted by molar-refractivity contribution is 0.408. The van der Waals surface area contributed by atoms with Gasteiger partial charge in [0, 0.05) is 23.7 Å². The highest BCUT2D eigenvalue weighted by atomic mass is 32.1. The molecule has 2 heterocycles. The van der Waals surface area contributed by atoms with Gasteiger partial charge in [-0.25, -0.2) is 0 Å². The minimum Gasteiger partial charge on any atom is -0.326 e. The molecular formula is C12H15N3S. The third-order valence-corrected chi connectivity index (χ3v) is 4.25. The number of nitrogens with two attached hydrogens (primary N) is 1. The van der Waals surface area contributed by atoms with Crippen molar-refractivity contribution >= 4 is 11.3 Å². The van der Waals surface area contributed by atoms with E-state index in [1.165, 1.54) is 35.4 Å². The number of aromatic nitrogens is 2. The maximum atomic E-state index is 5.86. The molecule has 1 fully saturated rings. The second-order valence-electron chi connectivity index (χ2n) is 4.27. The Morgan fingerprint density at radius 1 is 1.50 bits per heavy atom. The van der Waals surface area contributed by atoms with E-state index in [9.17, 15) is 0 Å². The highest BCUT2D eigenvalue weighted by Crippen LogP contribution is 2.39. The number of thiophene rings is 1. The molecular weight excluding hydrogens is 218 g/mol. The lowest BCUT2D eigenvalue weighted by Crippen LogP contribution is -2.12. The molecule has 4 heteroatoms. The predicted molar refractivity (Wildman–Crippen MR) is 66.4 cm³/mol. The van der Waals surface area contributed by atoms with E-state index in [-0.39, 0.29) is 0 Å². The van der Waals surface area contributed by atoms with Crippen LogP contribution in [0.1, 0.15) is 36.4 Å². The quantitative estimate of drug-likeness (QED) is 0.856. The summed E-state index contributed by atoms with van der Waals surface area (Å²) in [5.74, 6) is 0.666. The van der Waals surface area contributed by atoms with E-state index in [1.807, 2.05) is 0 Å².